The first-order valence-corrected chi connectivity index (χ1v) is 8.36. The Bertz CT molecular complexity index is 639. The third kappa shape index (κ3) is 4.98. The van der Waals surface area contributed by atoms with Gasteiger partial charge in [-0.1, -0.05) is 37.3 Å². The van der Waals surface area contributed by atoms with Crippen LogP contribution < -0.4 is 14.8 Å². The zero-order chi connectivity index (χ0) is 17.4. The average molecular weight is 329 g/mol. The summed E-state index contributed by atoms with van der Waals surface area (Å²) in [5.41, 5.74) is 3.48. The Morgan fingerprint density at radius 1 is 1.12 bits per heavy atom. The highest BCUT2D eigenvalue weighted by Gasteiger charge is 2.09. The fraction of sp³-hybridized carbons (Fsp3) is 0.400. The molecule has 0 aliphatic heterocycles. The molecule has 1 unspecified atom stereocenters. The van der Waals surface area contributed by atoms with Gasteiger partial charge in [-0.25, -0.2) is 0 Å². The van der Waals surface area contributed by atoms with Gasteiger partial charge in [0.15, 0.2) is 11.5 Å². The summed E-state index contributed by atoms with van der Waals surface area (Å²) in [4.78, 5) is 0. The highest BCUT2D eigenvalue weighted by Crippen LogP contribution is 2.29. The summed E-state index contributed by atoms with van der Waals surface area (Å²) in [6.45, 7) is 5.48. The van der Waals surface area contributed by atoms with Crippen molar-refractivity contribution < 1.29 is 14.6 Å². The summed E-state index contributed by atoms with van der Waals surface area (Å²) in [5, 5.41) is 12.6. The van der Waals surface area contributed by atoms with E-state index in [0.717, 1.165) is 23.5 Å². The number of aliphatic hydroxyl groups is 1. The van der Waals surface area contributed by atoms with E-state index in [-0.39, 0.29) is 12.6 Å². The molecule has 2 N–H and O–H groups in total. The fourth-order valence-corrected chi connectivity index (χ4v) is 2.47. The Hall–Kier alpha value is -2.04. The van der Waals surface area contributed by atoms with Crippen LogP contribution in [0, 0.1) is 6.92 Å². The van der Waals surface area contributed by atoms with Crippen molar-refractivity contribution in [3.63, 3.8) is 0 Å². The van der Waals surface area contributed by atoms with Crippen LogP contribution in [0.5, 0.6) is 11.5 Å². The summed E-state index contributed by atoms with van der Waals surface area (Å²) in [6, 6.07) is 14.2. The maximum atomic E-state index is 9.24. The molecule has 2 aromatic rings. The number of rotatable bonds is 9. The van der Waals surface area contributed by atoms with Gasteiger partial charge in [0, 0.05) is 12.6 Å². The molecule has 0 aliphatic rings. The van der Waals surface area contributed by atoms with Crippen LogP contribution in [-0.2, 0) is 13.2 Å². The Balaban J connectivity index is 2.02. The summed E-state index contributed by atoms with van der Waals surface area (Å²) in [6.07, 6.45) is 0.894. The van der Waals surface area contributed by atoms with Crippen molar-refractivity contribution >= 4 is 0 Å². The second-order valence-corrected chi connectivity index (χ2v) is 5.87. The first kappa shape index (κ1) is 18.3. The molecule has 0 saturated carbocycles. The lowest BCUT2D eigenvalue weighted by Gasteiger charge is -2.16. The minimum atomic E-state index is 0.118. The molecule has 1 atom stereocenters. The van der Waals surface area contributed by atoms with Crippen molar-refractivity contribution in [3.8, 4) is 11.5 Å². The van der Waals surface area contributed by atoms with Crippen molar-refractivity contribution in [3.05, 3.63) is 59.2 Å². The number of ether oxygens (including phenoxy) is 2. The molecule has 2 rings (SSSR count). The molecular formula is C20H27NO3. The minimum Gasteiger partial charge on any atom is -0.493 e. The molecule has 0 fully saturated rings. The fourth-order valence-electron chi connectivity index (χ4n) is 2.47. The molecule has 0 aliphatic carbocycles. The third-order valence-corrected chi connectivity index (χ3v) is 4.18. The Morgan fingerprint density at radius 2 is 1.92 bits per heavy atom. The van der Waals surface area contributed by atoms with Crippen molar-refractivity contribution in [2.45, 2.75) is 39.5 Å². The Kier molecular flexibility index (Phi) is 7.09. The zero-order valence-electron chi connectivity index (χ0n) is 14.7. The van der Waals surface area contributed by atoms with Gasteiger partial charge in [-0.2, -0.15) is 0 Å². The first-order chi connectivity index (χ1) is 11.7. The summed E-state index contributed by atoms with van der Waals surface area (Å²) in [7, 11) is 1.65. The van der Waals surface area contributed by atoms with E-state index in [1.54, 1.807) is 7.11 Å². The highest BCUT2D eigenvalue weighted by atomic mass is 16.5. The van der Waals surface area contributed by atoms with Crippen LogP contribution in [0.25, 0.3) is 0 Å². The van der Waals surface area contributed by atoms with E-state index in [0.29, 0.717) is 13.2 Å². The van der Waals surface area contributed by atoms with Crippen LogP contribution in [0.2, 0.25) is 0 Å². The van der Waals surface area contributed by atoms with E-state index < -0.39 is 0 Å². The van der Waals surface area contributed by atoms with Gasteiger partial charge in [-0.15, -0.1) is 0 Å². The topological polar surface area (TPSA) is 50.7 Å². The standard InChI is InChI=1S/C20H27NO3/c1-4-18(13-22)21-12-16-9-10-19(20(11-16)23-3)24-14-17-8-6-5-7-15(17)2/h5-11,18,21-22H,4,12-14H2,1-3H3. The third-order valence-electron chi connectivity index (χ3n) is 4.18. The maximum absolute atomic E-state index is 9.24. The number of hydrogen-bond acceptors (Lipinski definition) is 4. The van der Waals surface area contributed by atoms with Crippen molar-refractivity contribution in [2.24, 2.45) is 0 Å². The largest absolute Gasteiger partial charge is 0.493 e. The normalized spacial score (nSPS) is 12.0. The van der Waals surface area contributed by atoms with Gasteiger partial charge in [0.25, 0.3) is 0 Å². The molecule has 2 aromatic carbocycles. The van der Waals surface area contributed by atoms with Crippen LogP contribution in [0.1, 0.15) is 30.0 Å². The predicted molar refractivity (Wildman–Crippen MR) is 96.5 cm³/mol. The molecule has 0 heterocycles. The van der Waals surface area contributed by atoms with E-state index in [9.17, 15) is 5.11 Å². The number of aliphatic hydroxyl groups excluding tert-OH is 1. The van der Waals surface area contributed by atoms with E-state index in [1.165, 1.54) is 11.1 Å². The summed E-state index contributed by atoms with van der Waals surface area (Å²) in [5.74, 6) is 1.46. The Morgan fingerprint density at radius 3 is 2.58 bits per heavy atom. The number of benzene rings is 2. The van der Waals surface area contributed by atoms with Gasteiger partial charge in [0.1, 0.15) is 6.61 Å². The van der Waals surface area contributed by atoms with Crippen molar-refractivity contribution in [1.82, 2.24) is 5.32 Å². The maximum Gasteiger partial charge on any atom is 0.161 e. The monoisotopic (exact) mass is 329 g/mol. The van der Waals surface area contributed by atoms with Crippen LogP contribution in [-0.4, -0.2) is 24.9 Å². The van der Waals surface area contributed by atoms with Gasteiger partial charge in [-0.05, 0) is 42.2 Å². The van der Waals surface area contributed by atoms with Crippen LogP contribution in [0.15, 0.2) is 42.5 Å². The van der Waals surface area contributed by atoms with Gasteiger partial charge < -0.3 is 19.9 Å². The van der Waals surface area contributed by atoms with E-state index >= 15 is 0 Å². The smallest absolute Gasteiger partial charge is 0.161 e. The highest BCUT2D eigenvalue weighted by molar-refractivity contribution is 5.43. The predicted octanol–water partition coefficient (Wildman–Crippen LogP) is 3.44. The molecule has 0 saturated heterocycles. The Labute approximate surface area is 144 Å². The van der Waals surface area contributed by atoms with Gasteiger partial charge in [0.05, 0.1) is 13.7 Å². The molecule has 130 valence electrons. The molecule has 0 aromatic heterocycles. The van der Waals surface area contributed by atoms with Gasteiger partial charge in [0.2, 0.25) is 0 Å². The van der Waals surface area contributed by atoms with Crippen molar-refractivity contribution in [2.75, 3.05) is 13.7 Å². The molecular weight excluding hydrogens is 302 g/mol. The molecule has 0 amide bonds. The molecule has 0 radical (unpaired) electrons. The first-order valence-electron chi connectivity index (χ1n) is 8.36. The molecule has 24 heavy (non-hydrogen) atoms. The quantitative estimate of drug-likeness (QED) is 0.740. The second-order valence-electron chi connectivity index (χ2n) is 5.87. The lowest BCUT2D eigenvalue weighted by atomic mass is 10.1. The van der Waals surface area contributed by atoms with Gasteiger partial charge >= 0.3 is 0 Å². The van der Waals surface area contributed by atoms with Crippen molar-refractivity contribution in [1.29, 1.82) is 0 Å². The SMILES string of the molecule is CCC(CO)NCc1ccc(OCc2ccccc2C)c(OC)c1. The zero-order valence-corrected chi connectivity index (χ0v) is 14.7. The molecule has 4 heteroatoms. The minimum absolute atomic E-state index is 0.118. The lowest BCUT2D eigenvalue weighted by molar-refractivity contribution is 0.238. The van der Waals surface area contributed by atoms with Crippen LogP contribution >= 0.6 is 0 Å². The van der Waals surface area contributed by atoms with E-state index in [2.05, 4.69) is 31.3 Å². The number of aryl methyl sites for hydroxylation is 1. The van der Waals surface area contributed by atoms with Crippen LogP contribution in [0.3, 0.4) is 0 Å². The number of methoxy groups -OCH3 is 1. The summed E-state index contributed by atoms with van der Waals surface area (Å²) < 4.78 is 11.4. The van der Waals surface area contributed by atoms with Crippen LogP contribution in [0.4, 0.5) is 0 Å². The number of hydrogen-bond donors (Lipinski definition) is 2. The van der Waals surface area contributed by atoms with E-state index in [4.69, 9.17) is 9.47 Å². The molecule has 4 nitrogen and oxygen atoms in total. The summed E-state index contributed by atoms with van der Waals surface area (Å²) >= 11 is 0. The lowest BCUT2D eigenvalue weighted by Crippen LogP contribution is -2.31. The molecule has 0 bridgehead atoms. The second kappa shape index (κ2) is 9.30. The molecule has 0 spiro atoms. The van der Waals surface area contributed by atoms with Gasteiger partial charge in [-0.3, -0.25) is 0 Å². The van der Waals surface area contributed by atoms with E-state index in [1.807, 2.05) is 30.3 Å². The number of nitrogens with one attached hydrogen (secondary N) is 1. The average Bonchev–Trinajstić information content (AvgIpc) is 2.62.